The lowest BCUT2D eigenvalue weighted by Gasteiger charge is -2.26. The van der Waals surface area contributed by atoms with E-state index in [1.165, 1.54) is 10.6 Å². The Kier molecular flexibility index (Phi) is 7.81. The zero-order valence-electron chi connectivity index (χ0n) is 17.9. The monoisotopic (exact) mass is 417 g/mol. The van der Waals surface area contributed by atoms with Gasteiger partial charge in [0.05, 0.1) is 18.5 Å². The molecule has 0 atom stereocenters. The van der Waals surface area contributed by atoms with Gasteiger partial charge in [-0.2, -0.15) is 0 Å². The SMILES string of the molecule is Cc1cccc(C)c1N(Cc1ccc(C(=O)NCCCN(C)C)cc1)S(C)(=O)=O. The number of carbonyl (C=O) groups excluding carboxylic acids is 1. The lowest BCUT2D eigenvalue weighted by atomic mass is 10.1. The number of hydrogen-bond donors (Lipinski definition) is 1. The fourth-order valence-electron chi connectivity index (χ4n) is 3.19. The van der Waals surface area contributed by atoms with E-state index in [1.807, 2.05) is 46.1 Å². The summed E-state index contributed by atoms with van der Waals surface area (Å²) in [6.07, 6.45) is 2.10. The average molecular weight is 418 g/mol. The number of hydrogen-bond acceptors (Lipinski definition) is 4. The Bertz CT molecular complexity index is 918. The molecule has 0 bridgehead atoms. The highest BCUT2D eigenvalue weighted by Gasteiger charge is 2.21. The van der Waals surface area contributed by atoms with E-state index in [0.717, 1.165) is 29.7 Å². The van der Waals surface area contributed by atoms with Crippen molar-refractivity contribution >= 4 is 21.6 Å². The molecule has 2 aromatic rings. The summed E-state index contributed by atoms with van der Waals surface area (Å²) in [6.45, 7) is 5.57. The summed E-state index contributed by atoms with van der Waals surface area (Å²) in [5.74, 6) is -0.120. The zero-order valence-corrected chi connectivity index (χ0v) is 18.7. The fourth-order valence-corrected chi connectivity index (χ4v) is 4.19. The first-order valence-corrected chi connectivity index (χ1v) is 11.5. The predicted octanol–water partition coefficient (Wildman–Crippen LogP) is 2.95. The first-order chi connectivity index (χ1) is 13.6. The summed E-state index contributed by atoms with van der Waals surface area (Å²) < 4.78 is 26.4. The van der Waals surface area contributed by atoms with Gasteiger partial charge in [-0.3, -0.25) is 9.10 Å². The van der Waals surface area contributed by atoms with Gasteiger partial charge in [-0.05, 0) is 69.7 Å². The van der Waals surface area contributed by atoms with Gasteiger partial charge < -0.3 is 10.2 Å². The van der Waals surface area contributed by atoms with Crippen LogP contribution in [0.2, 0.25) is 0 Å². The number of aryl methyl sites for hydroxylation is 2. The lowest BCUT2D eigenvalue weighted by Crippen LogP contribution is -2.30. The first kappa shape index (κ1) is 22.9. The van der Waals surface area contributed by atoms with Crippen LogP contribution in [-0.2, 0) is 16.6 Å². The van der Waals surface area contributed by atoms with Gasteiger partial charge in [-0.1, -0.05) is 30.3 Å². The van der Waals surface area contributed by atoms with Crippen molar-refractivity contribution in [3.8, 4) is 0 Å². The Morgan fingerprint density at radius 1 is 1.00 bits per heavy atom. The standard InChI is InChI=1S/C22H31N3O3S/c1-17-8-6-9-18(2)21(17)25(29(5,27)28)16-19-10-12-20(13-11-19)22(26)23-14-7-15-24(3)4/h6,8-13H,7,14-16H2,1-5H3,(H,23,26). The molecule has 0 aromatic heterocycles. The Morgan fingerprint density at radius 2 is 1.59 bits per heavy atom. The van der Waals surface area contributed by atoms with Crippen LogP contribution in [-0.4, -0.2) is 52.7 Å². The van der Waals surface area contributed by atoms with Crippen molar-refractivity contribution in [2.75, 3.05) is 37.7 Å². The Hall–Kier alpha value is -2.38. The van der Waals surface area contributed by atoms with Gasteiger partial charge in [0.25, 0.3) is 5.91 Å². The molecule has 158 valence electrons. The van der Waals surface area contributed by atoms with Crippen molar-refractivity contribution in [3.63, 3.8) is 0 Å². The molecule has 6 nitrogen and oxygen atoms in total. The molecule has 0 aliphatic heterocycles. The van der Waals surface area contributed by atoms with Crippen molar-refractivity contribution in [1.29, 1.82) is 0 Å². The van der Waals surface area contributed by atoms with E-state index in [1.54, 1.807) is 24.3 Å². The van der Waals surface area contributed by atoms with Gasteiger partial charge in [0.1, 0.15) is 0 Å². The third-order valence-electron chi connectivity index (χ3n) is 4.70. The average Bonchev–Trinajstić information content (AvgIpc) is 2.63. The van der Waals surface area contributed by atoms with Crippen molar-refractivity contribution in [2.45, 2.75) is 26.8 Å². The topological polar surface area (TPSA) is 69.7 Å². The van der Waals surface area contributed by atoms with E-state index in [2.05, 4.69) is 10.2 Å². The van der Waals surface area contributed by atoms with Crippen LogP contribution in [0, 0.1) is 13.8 Å². The molecule has 0 aliphatic carbocycles. The number of amides is 1. The Labute approximate surface area is 174 Å². The van der Waals surface area contributed by atoms with Gasteiger partial charge in [0, 0.05) is 12.1 Å². The van der Waals surface area contributed by atoms with Gasteiger partial charge >= 0.3 is 0 Å². The van der Waals surface area contributed by atoms with Crippen LogP contribution in [0.1, 0.15) is 33.5 Å². The molecule has 0 saturated carbocycles. The number of nitrogens with zero attached hydrogens (tertiary/aromatic N) is 2. The molecule has 0 aliphatic rings. The number of carbonyl (C=O) groups is 1. The molecular weight excluding hydrogens is 386 g/mol. The Morgan fingerprint density at radius 3 is 2.10 bits per heavy atom. The quantitative estimate of drug-likeness (QED) is 0.637. The van der Waals surface area contributed by atoms with Crippen LogP contribution in [0.3, 0.4) is 0 Å². The zero-order chi connectivity index (χ0) is 21.6. The van der Waals surface area contributed by atoms with Crippen LogP contribution < -0.4 is 9.62 Å². The highest BCUT2D eigenvalue weighted by atomic mass is 32.2. The van der Waals surface area contributed by atoms with E-state index >= 15 is 0 Å². The smallest absolute Gasteiger partial charge is 0.251 e. The second-order valence-electron chi connectivity index (χ2n) is 7.62. The molecule has 1 N–H and O–H groups in total. The van der Waals surface area contributed by atoms with E-state index in [-0.39, 0.29) is 12.5 Å². The Balaban J connectivity index is 2.13. The predicted molar refractivity (Wildman–Crippen MR) is 119 cm³/mol. The highest BCUT2D eigenvalue weighted by molar-refractivity contribution is 7.92. The van der Waals surface area contributed by atoms with Crippen molar-refractivity contribution in [1.82, 2.24) is 10.2 Å². The summed E-state index contributed by atoms with van der Waals surface area (Å²) in [6, 6.07) is 12.8. The van der Waals surface area contributed by atoms with Crippen LogP contribution in [0.5, 0.6) is 0 Å². The van der Waals surface area contributed by atoms with Crippen LogP contribution >= 0.6 is 0 Å². The molecular formula is C22H31N3O3S. The van der Waals surface area contributed by atoms with Gasteiger partial charge in [-0.15, -0.1) is 0 Å². The van der Waals surface area contributed by atoms with E-state index in [9.17, 15) is 13.2 Å². The second kappa shape index (κ2) is 9.89. The number of sulfonamides is 1. The number of anilines is 1. The summed E-state index contributed by atoms with van der Waals surface area (Å²) in [5, 5.41) is 2.91. The lowest BCUT2D eigenvalue weighted by molar-refractivity contribution is 0.0952. The number of benzene rings is 2. The fraction of sp³-hybridized carbons (Fsp3) is 0.409. The maximum absolute atomic E-state index is 12.5. The maximum atomic E-state index is 12.5. The van der Waals surface area contributed by atoms with Crippen molar-refractivity contribution < 1.29 is 13.2 Å². The molecule has 0 fully saturated rings. The first-order valence-electron chi connectivity index (χ1n) is 9.65. The van der Waals surface area contributed by atoms with Crippen molar-refractivity contribution in [3.05, 3.63) is 64.7 Å². The summed E-state index contributed by atoms with van der Waals surface area (Å²) in [5.41, 5.74) is 3.91. The molecule has 29 heavy (non-hydrogen) atoms. The number of rotatable bonds is 9. The molecule has 0 spiro atoms. The highest BCUT2D eigenvalue weighted by Crippen LogP contribution is 2.28. The minimum absolute atomic E-state index is 0.120. The summed E-state index contributed by atoms with van der Waals surface area (Å²) in [4.78, 5) is 14.3. The van der Waals surface area contributed by atoms with Gasteiger partial charge in [-0.25, -0.2) is 8.42 Å². The van der Waals surface area contributed by atoms with E-state index in [0.29, 0.717) is 17.8 Å². The largest absolute Gasteiger partial charge is 0.352 e. The summed E-state index contributed by atoms with van der Waals surface area (Å²) >= 11 is 0. The minimum atomic E-state index is -3.46. The van der Waals surface area contributed by atoms with E-state index < -0.39 is 10.0 Å². The molecule has 1 amide bonds. The third-order valence-corrected chi connectivity index (χ3v) is 5.81. The molecule has 7 heteroatoms. The molecule has 0 unspecified atom stereocenters. The second-order valence-corrected chi connectivity index (χ2v) is 9.53. The molecule has 0 heterocycles. The minimum Gasteiger partial charge on any atom is -0.352 e. The normalized spacial score (nSPS) is 11.5. The maximum Gasteiger partial charge on any atom is 0.251 e. The molecule has 0 saturated heterocycles. The van der Waals surface area contributed by atoms with E-state index in [4.69, 9.17) is 0 Å². The molecule has 2 rings (SSSR count). The van der Waals surface area contributed by atoms with Crippen LogP contribution in [0.25, 0.3) is 0 Å². The number of nitrogens with one attached hydrogen (secondary N) is 1. The molecule has 0 radical (unpaired) electrons. The summed E-state index contributed by atoms with van der Waals surface area (Å²) in [7, 11) is 0.538. The number of para-hydroxylation sites is 1. The van der Waals surface area contributed by atoms with Crippen LogP contribution in [0.4, 0.5) is 5.69 Å². The third kappa shape index (κ3) is 6.58. The van der Waals surface area contributed by atoms with Crippen LogP contribution in [0.15, 0.2) is 42.5 Å². The van der Waals surface area contributed by atoms with Gasteiger partial charge in [0.15, 0.2) is 0 Å². The van der Waals surface area contributed by atoms with Crippen molar-refractivity contribution in [2.24, 2.45) is 0 Å². The molecule has 2 aromatic carbocycles. The van der Waals surface area contributed by atoms with Gasteiger partial charge in [0.2, 0.25) is 10.0 Å².